The number of hydrogen-bond donors (Lipinski definition) is 2. The average Bonchev–Trinajstić information content (AvgIpc) is 2.46. The lowest BCUT2D eigenvalue weighted by molar-refractivity contribution is 0.579. The van der Waals surface area contributed by atoms with E-state index in [1.807, 2.05) is 6.92 Å². The van der Waals surface area contributed by atoms with Crippen molar-refractivity contribution in [3.8, 4) is 0 Å². The number of unbranched alkanes of at least 4 members (excludes halogenated alkanes) is 1. The molecule has 0 bridgehead atoms. The number of aromatic nitrogens is 1. The molecule has 0 saturated carbocycles. The van der Waals surface area contributed by atoms with Gasteiger partial charge in [0.1, 0.15) is 0 Å². The molecule has 0 amide bonds. The Morgan fingerprint density at radius 1 is 1.47 bits per heavy atom. The van der Waals surface area contributed by atoms with E-state index >= 15 is 0 Å². The number of aromatic amines is 1. The SMILES string of the molecule is CCCCNS(=O)(=O)c1sc(=O)[nH]c1C. The molecule has 5 nitrogen and oxygen atoms in total. The van der Waals surface area contributed by atoms with Crippen LogP contribution in [-0.2, 0) is 10.0 Å². The lowest BCUT2D eigenvalue weighted by atomic mass is 10.3. The zero-order valence-corrected chi connectivity index (χ0v) is 10.3. The molecule has 1 rings (SSSR count). The molecule has 0 unspecified atom stereocenters. The maximum Gasteiger partial charge on any atom is 0.305 e. The van der Waals surface area contributed by atoms with Crippen LogP contribution in [0.25, 0.3) is 0 Å². The number of H-pyrrole nitrogens is 1. The summed E-state index contributed by atoms with van der Waals surface area (Å²) < 4.78 is 25.9. The summed E-state index contributed by atoms with van der Waals surface area (Å²) in [6, 6.07) is 0. The minimum Gasteiger partial charge on any atom is -0.315 e. The Morgan fingerprint density at radius 2 is 2.13 bits per heavy atom. The summed E-state index contributed by atoms with van der Waals surface area (Å²) in [5.41, 5.74) is 0.397. The molecular weight excluding hydrogens is 236 g/mol. The van der Waals surface area contributed by atoms with Crippen LogP contribution in [0.4, 0.5) is 0 Å². The van der Waals surface area contributed by atoms with Crippen LogP contribution in [0.2, 0.25) is 0 Å². The molecule has 0 aliphatic rings. The summed E-state index contributed by atoms with van der Waals surface area (Å²) in [6.45, 7) is 3.96. The van der Waals surface area contributed by atoms with Gasteiger partial charge >= 0.3 is 4.87 Å². The maximum absolute atomic E-state index is 11.7. The van der Waals surface area contributed by atoms with Crippen molar-refractivity contribution in [2.45, 2.75) is 30.9 Å². The van der Waals surface area contributed by atoms with Gasteiger partial charge in [-0.25, -0.2) is 13.1 Å². The smallest absolute Gasteiger partial charge is 0.305 e. The van der Waals surface area contributed by atoms with Crippen LogP contribution in [0, 0.1) is 6.92 Å². The predicted octanol–water partition coefficient (Wildman–Crippen LogP) is 0.823. The molecule has 2 N–H and O–H groups in total. The van der Waals surface area contributed by atoms with Gasteiger partial charge in [-0.15, -0.1) is 0 Å². The number of thiazole rings is 1. The van der Waals surface area contributed by atoms with E-state index < -0.39 is 10.0 Å². The van der Waals surface area contributed by atoms with Crippen molar-refractivity contribution in [3.05, 3.63) is 15.4 Å². The molecule has 1 aromatic heterocycles. The van der Waals surface area contributed by atoms with Gasteiger partial charge in [-0.2, -0.15) is 0 Å². The van der Waals surface area contributed by atoms with E-state index in [0.717, 1.165) is 24.2 Å². The van der Waals surface area contributed by atoms with Gasteiger partial charge in [0, 0.05) is 12.2 Å². The van der Waals surface area contributed by atoms with Crippen molar-refractivity contribution in [1.82, 2.24) is 9.71 Å². The van der Waals surface area contributed by atoms with Crippen molar-refractivity contribution in [2.24, 2.45) is 0 Å². The first-order valence-electron chi connectivity index (χ1n) is 4.66. The minimum absolute atomic E-state index is 0.0867. The van der Waals surface area contributed by atoms with E-state index in [2.05, 4.69) is 9.71 Å². The second-order valence-electron chi connectivity index (χ2n) is 3.18. The van der Waals surface area contributed by atoms with Crippen LogP contribution >= 0.6 is 11.3 Å². The van der Waals surface area contributed by atoms with Crippen LogP contribution < -0.4 is 9.60 Å². The highest BCUT2D eigenvalue weighted by molar-refractivity contribution is 7.91. The van der Waals surface area contributed by atoms with Gasteiger partial charge in [-0.1, -0.05) is 24.7 Å². The topological polar surface area (TPSA) is 79.0 Å². The fraction of sp³-hybridized carbons (Fsp3) is 0.625. The van der Waals surface area contributed by atoms with Crippen molar-refractivity contribution in [2.75, 3.05) is 6.54 Å². The number of hydrogen-bond acceptors (Lipinski definition) is 4. The average molecular weight is 250 g/mol. The van der Waals surface area contributed by atoms with Gasteiger partial charge in [0.05, 0.1) is 0 Å². The number of aryl methyl sites for hydroxylation is 1. The van der Waals surface area contributed by atoms with Crippen molar-refractivity contribution >= 4 is 21.4 Å². The third-order valence-electron chi connectivity index (χ3n) is 1.85. The second kappa shape index (κ2) is 4.91. The first kappa shape index (κ1) is 12.4. The van der Waals surface area contributed by atoms with E-state index in [4.69, 9.17) is 0 Å². The summed E-state index contributed by atoms with van der Waals surface area (Å²) >= 11 is 0.718. The van der Waals surface area contributed by atoms with Gasteiger partial charge in [0.15, 0.2) is 4.21 Å². The molecule has 0 atom stereocenters. The highest BCUT2D eigenvalue weighted by Crippen LogP contribution is 2.15. The molecule has 0 fully saturated rings. The van der Waals surface area contributed by atoms with E-state index in [9.17, 15) is 13.2 Å². The van der Waals surface area contributed by atoms with E-state index in [-0.39, 0.29) is 9.08 Å². The Balaban J connectivity index is 2.87. The molecule has 15 heavy (non-hydrogen) atoms. The Kier molecular flexibility index (Phi) is 4.06. The van der Waals surface area contributed by atoms with Crippen LogP contribution in [0.3, 0.4) is 0 Å². The monoisotopic (exact) mass is 250 g/mol. The van der Waals surface area contributed by atoms with Crippen molar-refractivity contribution < 1.29 is 8.42 Å². The lowest BCUT2D eigenvalue weighted by Gasteiger charge is -2.03. The van der Waals surface area contributed by atoms with Crippen LogP contribution in [0.15, 0.2) is 9.00 Å². The Hall–Kier alpha value is -0.660. The zero-order valence-electron chi connectivity index (χ0n) is 8.66. The Morgan fingerprint density at radius 3 is 2.60 bits per heavy atom. The molecule has 7 heteroatoms. The van der Waals surface area contributed by atoms with E-state index in [1.165, 1.54) is 0 Å². The van der Waals surface area contributed by atoms with Gasteiger partial charge in [0.25, 0.3) is 10.0 Å². The normalized spacial score (nSPS) is 11.9. The number of rotatable bonds is 5. The molecule has 0 saturated heterocycles. The summed E-state index contributed by atoms with van der Waals surface area (Å²) in [6.07, 6.45) is 1.71. The summed E-state index contributed by atoms with van der Waals surface area (Å²) in [7, 11) is -3.51. The van der Waals surface area contributed by atoms with Crippen LogP contribution in [-0.4, -0.2) is 19.9 Å². The molecule has 1 heterocycles. The Bertz CT molecular complexity index is 472. The molecule has 0 aliphatic heterocycles. The number of sulfonamides is 1. The van der Waals surface area contributed by atoms with Crippen LogP contribution in [0.5, 0.6) is 0 Å². The fourth-order valence-electron chi connectivity index (χ4n) is 1.10. The molecule has 0 radical (unpaired) electrons. The standard InChI is InChI=1S/C8H14N2O3S2/c1-3-4-5-9-15(12,13)7-6(2)10-8(11)14-7/h9H,3-5H2,1-2H3,(H,10,11). The zero-order chi connectivity index (χ0) is 11.5. The summed E-state index contributed by atoms with van der Waals surface area (Å²) in [5.74, 6) is 0. The third-order valence-corrected chi connectivity index (χ3v) is 4.91. The molecule has 1 aromatic rings. The molecule has 0 aromatic carbocycles. The van der Waals surface area contributed by atoms with E-state index in [0.29, 0.717) is 12.2 Å². The van der Waals surface area contributed by atoms with E-state index in [1.54, 1.807) is 6.92 Å². The largest absolute Gasteiger partial charge is 0.315 e. The summed E-state index contributed by atoms with van der Waals surface area (Å²) in [5, 5.41) is 0. The van der Waals surface area contributed by atoms with Crippen molar-refractivity contribution in [1.29, 1.82) is 0 Å². The minimum atomic E-state index is -3.51. The summed E-state index contributed by atoms with van der Waals surface area (Å²) in [4.78, 5) is 13.1. The highest BCUT2D eigenvalue weighted by atomic mass is 32.2. The maximum atomic E-state index is 11.7. The van der Waals surface area contributed by atoms with Gasteiger partial charge in [0.2, 0.25) is 0 Å². The van der Waals surface area contributed by atoms with Gasteiger partial charge in [-0.3, -0.25) is 4.79 Å². The molecule has 0 spiro atoms. The van der Waals surface area contributed by atoms with Gasteiger partial charge < -0.3 is 4.98 Å². The fourth-order valence-corrected chi connectivity index (χ4v) is 3.51. The lowest BCUT2D eigenvalue weighted by Crippen LogP contribution is -2.24. The first-order chi connectivity index (χ1) is 6.97. The molecular formula is C8H14N2O3S2. The second-order valence-corrected chi connectivity index (χ2v) is 6.12. The quantitative estimate of drug-likeness (QED) is 0.759. The molecule has 0 aliphatic carbocycles. The number of nitrogens with one attached hydrogen (secondary N) is 2. The van der Waals surface area contributed by atoms with Crippen molar-refractivity contribution in [3.63, 3.8) is 0 Å². The molecule has 86 valence electrons. The Labute approximate surface area is 92.6 Å². The first-order valence-corrected chi connectivity index (χ1v) is 6.96. The third kappa shape index (κ3) is 3.15. The predicted molar refractivity (Wildman–Crippen MR) is 59.8 cm³/mol. The highest BCUT2D eigenvalue weighted by Gasteiger charge is 2.19. The van der Waals surface area contributed by atoms with Crippen LogP contribution in [0.1, 0.15) is 25.5 Å². The van der Waals surface area contributed by atoms with Gasteiger partial charge in [-0.05, 0) is 13.3 Å².